The quantitative estimate of drug-likeness (QED) is 0.544. The van der Waals surface area contributed by atoms with E-state index < -0.39 is 6.09 Å². The van der Waals surface area contributed by atoms with Crippen molar-refractivity contribution in [3.05, 3.63) is 62.8 Å². The first-order chi connectivity index (χ1) is 13.1. The van der Waals surface area contributed by atoms with Crippen LogP contribution in [0, 0.1) is 0 Å². The van der Waals surface area contributed by atoms with E-state index in [1.807, 2.05) is 45.0 Å². The molecule has 0 saturated carbocycles. The van der Waals surface area contributed by atoms with Gasteiger partial charge < -0.3 is 14.8 Å². The van der Waals surface area contributed by atoms with Crippen molar-refractivity contribution in [2.24, 2.45) is 0 Å². The monoisotopic (exact) mass is 514 g/mol. The molecule has 2 rings (SSSR count). The second-order valence-corrected chi connectivity index (χ2v) is 8.42. The number of carbonyl (C=O) groups excluding carboxylic acids is 2. The molecule has 0 aliphatic carbocycles. The lowest BCUT2D eigenvalue weighted by molar-refractivity contribution is 0.0525. The number of halogens is 2. The number of hydrogen-bond acceptors (Lipinski definition) is 5. The maximum absolute atomic E-state index is 11.4. The van der Waals surface area contributed by atoms with Crippen LogP contribution in [-0.2, 0) is 16.1 Å². The highest BCUT2D eigenvalue weighted by molar-refractivity contribution is 9.10. The minimum absolute atomic E-state index is 0.267. The Balaban J connectivity index is 0.000000292. The molecule has 1 N–H and O–H groups in total. The molecule has 0 fully saturated rings. The number of aromatic nitrogens is 1. The summed E-state index contributed by atoms with van der Waals surface area (Å²) in [6.45, 7) is 8.14. The van der Waals surface area contributed by atoms with Crippen molar-refractivity contribution in [3.8, 4) is 0 Å². The molecular formula is C20H24Br2N2O4. The third-order valence-corrected chi connectivity index (χ3v) is 4.22. The summed E-state index contributed by atoms with van der Waals surface area (Å²) in [4.78, 5) is 26.3. The van der Waals surface area contributed by atoms with Gasteiger partial charge in [0.15, 0.2) is 0 Å². The minimum Gasteiger partial charge on any atom is -0.462 e. The van der Waals surface area contributed by atoms with Gasteiger partial charge in [0.05, 0.1) is 12.2 Å². The van der Waals surface area contributed by atoms with Crippen molar-refractivity contribution in [1.82, 2.24) is 10.3 Å². The summed E-state index contributed by atoms with van der Waals surface area (Å²) in [5, 5.41) is 2.73. The highest BCUT2D eigenvalue weighted by Gasteiger charge is 2.14. The Kier molecular flexibility index (Phi) is 10.2. The van der Waals surface area contributed by atoms with Crippen LogP contribution in [0.1, 0.15) is 43.6 Å². The maximum atomic E-state index is 11.4. The first-order valence-electron chi connectivity index (χ1n) is 8.58. The zero-order valence-corrected chi connectivity index (χ0v) is 19.5. The zero-order valence-electron chi connectivity index (χ0n) is 16.3. The number of pyridine rings is 1. The molecule has 0 saturated heterocycles. The number of rotatable bonds is 4. The van der Waals surface area contributed by atoms with Gasteiger partial charge in [-0.3, -0.25) is 4.98 Å². The lowest BCUT2D eigenvalue weighted by atomic mass is 10.1. The standard InChI is InChI=1S/C12H16BrNO2.C8H8BrNO2/c1-12(2,3)14-11(15)16-8-9-6-4-5-7-10(9)13;1-2-12-8(11)6-3-7(9)5-10-4-6/h4-7H,8H2,1-3H3,(H,14,15);3-5H,2H2,1H3. The molecule has 1 aromatic heterocycles. The van der Waals surface area contributed by atoms with Gasteiger partial charge in [-0.1, -0.05) is 34.1 Å². The largest absolute Gasteiger partial charge is 0.462 e. The molecular weight excluding hydrogens is 492 g/mol. The number of hydrogen-bond donors (Lipinski definition) is 1. The van der Waals surface area contributed by atoms with Crippen molar-refractivity contribution in [2.75, 3.05) is 6.61 Å². The topological polar surface area (TPSA) is 77.5 Å². The summed E-state index contributed by atoms with van der Waals surface area (Å²) in [7, 11) is 0. The molecule has 28 heavy (non-hydrogen) atoms. The van der Waals surface area contributed by atoms with E-state index in [4.69, 9.17) is 9.47 Å². The number of esters is 1. The molecule has 1 amide bonds. The van der Waals surface area contributed by atoms with Crippen LogP contribution in [0.4, 0.5) is 4.79 Å². The Morgan fingerprint density at radius 3 is 2.36 bits per heavy atom. The summed E-state index contributed by atoms with van der Waals surface area (Å²) in [6.07, 6.45) is 2.69. The van der Waals surface area contributed by atoms with E-state index in [2.05, 4.69) is 42.2 Å². The Hall–Kier alpha value is -1.93. The molecule has 1 heterocycles. The van der Waals surface area contributed by atoms with E-state index in [-0.39, 0.29) is 18.1 Å². The van der Waals surface area contributed by atoms with E-state index in [1.54, 1.807) is 19.2 Å². The highest BCUT2D eigenvalue weighted by Crippen LogP contribution is 2.16. The fraction of sp³-hybridized carbons (Fsp3) is 0.350. The average molecular weight is 516 g/mol. The number of nitrogens with one attached hydrogen (secondary N) is 1. The van der Waals surface area contributed by atoms with E-state index in [0.717, 1.165) is 14.5 Å². The first-order valence-corrected chi connectivity index (χ1v) is 10.2. The van der Waals surface area contributed by atoms with Gasteiger partial charge >= 0.3 is 12.1 Å². The lowest BCUT2D eigenvalue weighted by Crippen LogP contribution is -2.40. The van der Waals surface area contributed by atoms with Gasteiger partial charge in [-0.15, -0.1) is 0 Å². The van der Waals surface area contributed by atoms with Crippen LogP contribution in [0.3, 0.4) is 0 Å². The Labute approximate surface area is 182 Å². The van der Waals surface area contributed by atoms with Crippen molar-refractivity contribution in [3.63, 3.8) is 0 Å². The van der Waals surface area contributed by atoms with E-state index in [1.165, 1.54) is 6.20 Å². The highest BCUT2D eigenvalue weighted by atomic mass is 79.9. The molecule has 0 bridgehead atoms. The number of ether oxygens (including phenoxy) is 2. The second-order valence-electron chi connectivity index (χ2n) is 6.65. The molecule has 0 radical (unpaired) electrons. The van der Waals surface area contributed by atoms with Crippen LogP contribution in [0.2, 0.25) is 0 Å². The number of nitrogens with zero attached hydrogens (tertiary/aromatic N) is 1. The van der Waals surface area contributed by atoms with Crippen molar-refractivity contribution < 1.29 is 19.1 Å². The first kappa shape index (κ1) is 24.1. The summed E-state index contributed by atoms with van der Waals surface area (Å²) in [5.41, 5.74) is 1.14. The Bertz CT molecular complexity index is 792. The fourth-order valence-electron chi connectivity index (χ4n) is 1.84. The molecule has 6 nitrogen and oxygen atoms in total. The predicted octanol–water partition coefficient (Wildman–Crippen LogP) is 5.49. The second kappa shape index (κ2) is 11.8. The molecule has 152 valence electrons. The number of alkyl carbamates (subject to hydrolysis) is 1. The van der Waals surface area contributed by atoms with Crippen molar-refractivity contribution in [1.29, 1.82) is 0 Å². The molecule has 0 unspecified atom stereocenters. The number of amides is 1. The van der Waals surface area contributed by atoms with Crippen LogP contribution < -0.4 is 5.32 Å². The number of benzene rings is 1. The fourth-order valence-corrected chi connectivity index (χ4v) is 2.60. The van der Waals surface area contributed by atoms with Gasteiger partial charge in [0, 0.05) is 32.4 Å². The van der Waals surface area contributed by atoms with Gasteiger partial charge in [-0.25, -0.2) is 9.59 Å². The molecule has 8 heteroatoms. The lowest BCUT2D eigenvalue weighted by Gasteiger charge is -2.20. The smallest absolute Gasteiger partial charge is 0.407 e. The average Bonchev–Trinajstić information content (AvgIpc) is 2.60. The Morgan fingerprint density at radius 1 is 1.11 bits per heavy atom. The normalized spacial score (nSPS) is 10.4. The molecule has 0 aliphatic rings. The zero-order chi connectivity index (χ0) is 21.2. The number of carbonyl (C=O) groups is 2. The van der Waals surface area contributed by atoms with Gasteiger partial charge in [-0.05, 0) is 55.8 Å². The van der Waals surface area contributed by atoms with E-state index in [0.29, 0.717) is 12.2 Å². The molecule has 2 aromatic rings. The van der Waals surface area contributed by atoms with Crippen LogP contribution in [0.25, 0.3) is 0 Å². The maximum Gasteiger partial charge on any atom is 0.407 e. The third-order valence-electron chi connectivity index (χ3n) is 3.01. The summed E-state index contributed by atoms with van der Waals surface area (Å²) in [6, 6.07) is 9.33. The third kappa shape index (κ3) is 9.85. The van der Waals surface area contributed by atoms with E-state index in [9.17, 15) is 9.59 Å². The van der Waals surface area contributed by atoms with Crippen molar-refractivity contribution >= 4 is 43.9 Å². The van der Waals surface area contributed by atoms with Crippen LogP contribution in [-0.4, -0.2) is 29.2 Å². The Morgan fingerprint density at radius 2 is 1.79 bits per heavy atom. The van der Waals surface area contributed by atoms with Crippen LogP contribution in [0.5, 0.6) is 0 Å². The van der Waals surface area contributed by atoms with Gasteiger partial charge in [-0.2, -0.15) is 0 Å². The van der Waals surface area contributed by atoms with Gasteiger partial charge in [0.1, 0.15) is 6.61 Å². The summed E-state index contributed by atoms with van der Waals surface area (Å²) >= 11 is 6.61. The SMILES string of the molecule is CC(C)(C)NC(=O)OCc1ccccc1Br.CCOC(=O)c1cncc(Br)c1. The molecule has 0 spiro atoms. The predicted molar refractivity (Wildman–Crippen MR) is 115 cm³/mol. The molecule has 0 atom stereocenters. The molecule has 1 aromatic carbocycles. The van der Waals surface area contributed by atoms with Crippen molar-refractivity contribution in [2.45, 2.75) is 39.8 Å². The minimum atomic E-state index is -0.400. The van der Waals surface area contributed by atoms with Crippen LogP contribution >= 0.6 is 31.9 Å². The van der Waals surface area contributed by atoms with Gasteiger partial charge in [0.2, 0.25) is 0 Å². The molecule has 0 aliphatic heterocycles. The summed E-state index contributed by atoms with van der Waals surface area (Å²) < 4.78 is 11.6. The van der Waals surface area contributed by atoms with Crippen LogP contribution in [0.15, 0.2) is 51.7 Å². The summed E-state index contributed by atoms with van der Waals surface area (Å²) in [5.74, 6) is -0.341. The van der Waals surface area contributed by atoms with E-state index >= 15 is 0 Å². The van der Waals surface area contributed by atoms with Gasteiger partial charge in [0.25, 0.3) is 0 Å².